The van der Waals surface area contributed by atoms with Crippen molar-refractivity contribution in [1.29, 1.82) is 0 Å². The molecule has 0 aromatic carbocycles. The minimum Gasteiger partial charge on any atom is -0.383 e. The molecule has 8 nitrogen and oxygen atoms in total. The summed E-state index contributed by atoms with van der Waals surface area (Å²) in [6.45, 7) is 29.9. The molecule has 1 aliphatic carbocycles. The highest BCUT2D eigenvalue weighted by Gasteiger charge is 2.35. The molecule has 3 aliphatic rings. The van der Waals surface area contributed by atoms with Crippen molar-refractivity contribution >= 4 is 5.91 Å². The second-order valence-electron chi connectivity index (χ2n) is 12.1. The Morgan fingerprint density at radius 2 is 1.44 bits per heavy atom. The molecule has 3 rings (SSSR count). The zero-order valence-corrected chi connectivity index (χ0v) is 29.2. The van der Waals surface area contributed by atoms with Crippen molar-refractivity contribution < 1.29 is 14.3 Å². The summed E-state index contributed by atoms with van der Waals surface area (Å²) in [5.41, 5.74) is 0.348. The SMILES string of the molecule is CC.CC.CC.CNCC(C)CC(C)(C)CN1CCC(OC2CC(NC(=O)CN3CCN(CCOC)CC3)C2)CC1. The van der Waals surface area contributed by atoms with Crippen LogP contribution in [-0.4, -0.2) is 125 Å². The molecule has 0 spiro atoms. The Bertz CT molecular complexity index is 614. The molecule has 0 aromatic rings. The predicted molar refractivity (Wildman–Crippen MR) is 176 cm³/mol. The zero-order valence-electron chi connectivity index (χ0n) is 29.2. The summed E-state index contributed by atoms with van der Waals surface area (Å²) < 4.78 is 11.6. The Kier molecular flexibility index (Phi) is 23.2. The van der Waals surface area contributed by atoms with Gasteiger partial charge in [0, 0.05) is 65.5 Å². The fraction of sp³-hybridized carbons (Fsp3) is 0.970. The summed E-state index contributed by atoms with van der Waals surface area (Å²) in [6, 6.07) is 0.288. The first-order valence-corrected chi connectivity index (χ1v) is 17.0. The largest absolute Gasteiger partial charge is 0.383 e. The quantitative estimate of drug-likeness (QED) is 0.306. The predicted octanol–water partition coefficient (Wildman–Crippen LogP) is 4.73. The lowest BCUT2D eigenvalue weighted by molar-refractivity contribution is -0.127. The van der Waals surface area contributed by atoms with E-state index >= 15 is 0 Å². The maximum absolute atomic E-state index is 12.5. The summed E-state index contributed by atoms with van der Waals surface area (Å²) >= 11 is 0. The van der Waals surface area contributed by atoms with Crippen molar-refractivity contribution in [2.75, 3.05) is 86.2 Å². The number of carbonyl (C=O) groups excluding carboxylic acids is 1. The topological polar surface area (TPSA) is 69.3 Å². The average molecular weight is 586 g/mol. The van der Waals surface area contributed by atoms with E-state index in [-0.39, 0.29) is 11.9 Å². The fourth-order valence-corrected chi connectivity index (χ4v) is 6.17. The van der Waals surface area contributed by atoms with Gasteiger partial charge in [0.1, 0.15) is 0 Å². The molecule has 2 heterocycles. The third-order valence-electron chi connectivity index (χ3n) is 7.93. The summed E-state index contributed by atoms with van der Waals surface area (Å²) in [5.74, 6) is 0.873. The third-order valence-corrected chi connectivity index (χ3v) is 7.93. The van der Waals surface area contributed by atoms with Gasteiger partial charge in [0.2, 0.25) is 5.91 Å². The van der Waals surface area contributed by atoms with Gasteiger partial charge in [0.25, 0.3) is 0 Å². The lowest BCUT2D eigenvalue weighted by Gasteiger charge is -2.42. The van der Waals surface area contributed by atoms with Crippen LogP contribution in [0.4, 0.5) is 0 Å². The molecule has 2 aliphatic heterocycles. The summed E-state index contributed by atoms with van der Waals surface area (Å²) in [6.07, 6.45) is 6.15. The molecule has 1 unspecified atom stereocenters. The number of nitrogens with zero attached hydrogens (tertiary/aromatic N) is 3. The number of methoxy groups -OCH3 is 1. The van der Waals surface area contributed by atoms with E-state index in [1.165, 1.54) is 13.0 Å². The number of piperazine rings is 1. The van der Waals surface area contributed by atoms with E-state index < -0.39 is 0 Å². The van der Waals surface area contributed by atoms with Gasteiger partial charge in [-0.1, -0.05) is 62.3 Å². The van der Waals surface area contributed by atoms with E-state index in [0.717, 1.165) is 84.6 Å². The first-order chi connectivity index (χ1) is 19.8. The third kappa shape index (κ3) is 17.2. The number of hydrogen-bond acceptors (Lipinski definition) is 7. The monoisotopic (exact) mass is 586 g/mol. The van der Waals surface area contributed by atoms with E-state index in [1.54, 1.807) is 7.11 Å². The van der Waals surface area contributed by atoms with Crippen molar-refractivity contribution in [3.63, 3.8) is 0 Å². The highest BCUT2D eigenvalue weighted by molar-refractivity contribution is 5.78. The van der Waals surface area contributed by atoms with E-state index in [1.807, 2.05) is 48.6 Å². The molecule has 3 fully saturated rings. The van der Waals surface area contributed by atoms with Crippen LogP contribution in [0.5, 0.6) is 0 Å². The summed E-state index contributed by atoms with van der Waals surface area (Å²) in [7, 11) is 3.79. The van der Waals surface area contributed by atoms with Crippen molar-refractivity contribution in [1.82, 2.24) is 25.3 Å². The number of carbonyl (C=O) groups is 1. The van der Waals surface area contributed by atoms with Crippen LogP contribution >= 0.6 is 0 Å². The first-order valence-electron chi connectivity index (χ1n) is 17.0. The number of amides is 1. The van der Waals surface area contributed by atoms with E-state index in [0.29, 0.717) is 30.1 Å². The van der Waals surface area contributed by atoms with Crippen molar-refractivity contribution in [2.45, 2.75) is 113 Å². The number of likely N-dealkylation sites (tertiary alicyclic amines) is 1. The maximum Gasteiger partial charge on any atom is 0.234 e. The number of hydrogen-bond donors (Lipinski definition) is 2. The molecule has 246 valence electrons. The van der Waals surface area contributed by atoms with Gasteiger partial charge in [-0.2, -0.15) is 0 Å². The van der Waals surface area contributed by atoms with Gasteiger partial charge in [-0.15, -0.1) is 0 Å². The van der Waals surface area contributed by atoms with Gasteiger partial charge in [0.15, 0.2) is 0 Å². The van der Waals surface area contributed by atoms with Gasteiger partial charge in [-0.05, 0) is 57.0 Å². The number of nitrogens with one attached hydrogen (secondary N) is 2. The standard InChI is InChI=1S/C27H53N5O3.3C2H6/c1-22(19-28-4)18-27(2,3)21-32-8-6-24(7-9-32)35-25-16-23(17-25)29-26(33)20-31-12-10-30(11-13-31)14-15-34-5;3*1-2/h22-25,28H,6-21H2,1-5H3,(H,29,33);3*1-2H3. The smallest absolute Gasteiger partial charge is 0.234 e. The average Bonchev–Trinajstić information content (AvgIpc) is 2.95. The first kappa shape index (κ1) is 40.2. The Morgan fingerprint density at radius 1 is 0.878 bits per heavy atom. The van der Waals surface area contributed by atoms with Crippen LogP contribution in [0.15, 0.2) is 0 Å². The van der Waals surface area contributed by atoms with Crippen LogP contribution in [0.25, 0.3) is 0 Å². The van der Waals surface area contributed by atoms with Crippen LogP contribution in [0.1, 0.15) is 94.4 Å². The van der Waals surface area contributed by atoms with Gasteiger partial charge in [-0.25, -0.2) is 0 Å². The van der Waals surface area contributed by atoms with Crippen LogP contribution in [0.2, 0.25) is 0 Å². The zero-order chi connectivity index (χ0) is 31.3. The van der Waals surface area contributed by atoms with Crippen molar-refractivity contribution in [3.8, 4) is 0 Å². The molecule has 0 bridgehead atoms. The molecule has 8 heteroatoms. The molecule has 0 radical (unpaired) electrons. The van der Waals surface area contributed by atoms with E-state index in [4.69, 9.17) is 9.47 Å². The van der Waals surface area contributed by atoms with Gasteiger partial charge in [0.05, 0.1) is 25.4 Å². The van der Waals surface area contributed by atoms with Crippen LogP contribution in [0, 0.1) is 11.3 Å². The molecule has 2 saturated heterocycles. The highest BCUT2D eigenvalue weighted by atomic mass is 16.5. The van der Waals surface area contributed by atoms with Crippen LogP contribution in [-0.2, 0) is 14.3 Å². The fourth-order valence-electron chi connectivity index (χ4n) is 6.17. The minimum absolute atomic E-state index is 0.166. The minimum atomic E-state index is 0.166. The van der Waals surface area contributed by atoms with Crippen molar-refractivity contribution in [3.05, 3.63) is 0 Å². The Labute approximate surface area is 255 Å². The molecule has 1 atom stereocenters. The molecular weight excluding hydrogens is 514 g/mol. The number of ether oxygens (including phenoxy) is 2. The van der Waals surface area contributed by atoms with Gasteiger partial charge in [-0.3, -0.25) is 14.6 Å². The molecule has 2 N–H and O–H groups in total. The molecule has 1 saturated carbocycles. The second kappa shape index (κ2) is 23.7. The highest BCUT2D eigenvalue weighted by Crippen LogP contribution is 2.30. The Hall–Kier alpha value is -0.770. The summed E-state index contributed by atoms with van der Waals surface area (Å²) in [4.78, 5) is 19.8. The molecule has 41 heavy (non-hydrogen) atoms. The van der Waals surface area contributed by atoms with Gasteiger partial charge >= 0.3 is 0 Å². The maximum atomic E-state index is 12.5. The van der Waals surface area contributed by atoms with E-state index in [2.05, 4.69) is 46.1 Å². The molecular formula is C33H71N5O3. The summed E-state index contributed by atoms with van der Waals surface area (Å²) in [5, 5.41) is 6.53. The second-order valence-corrected chi connectivity index (χ2v) is 12.1. The lowest BCUT2D eigenvalue weighted by Crippen LogP contribution is -2.54. The number of piperidine rings is 1. The normalized spacial score (nSPS) is 23.0. The van der Waals surface area contributed by atoms with Crippen LogP contribution < -0.4 is 10.6 Å². The Balaban J connectivity index is 0.00000250. The Morgan fingerprint density at radius 3 is 1.98 bits per heavy atom. The molecule has 0 aromatic heterocycles. The van der Waals surface area contributed by atoms with Gasteiger partial charge < -0.3 is 25.0 Å². The lowest BCUT2D eigenvalue weighted by atomic mass is 9.82. The molecule has 1 amide bonds. The van der Waals surface area contributed by atoms with Crippen LogP contribution in [0.3, 0.4) is 0 Å². The van der Waals surface area contributed by atoms with E-state index in [9.17, 15) is 4.79 Å². The number of rotatable bonds is 14. The van der Waals surface area contributed by atoms with Crippen molar-refractivity contribution in [2.24, 2.45) is 11.3 Å².